The lowest BCUT2D eigenvalue weighted by Crippen LogP contribution is -2.04. The minimum absolute atomic E-state index is 0.237. The highest BCUT2D eigenvalue weighted by atomic mass is 16.3. The molecule has 0 radical (unpaired) electrons. The quantitative estimate of drug-likeness (QED) is 0.548. The van der Waals surface area contributed by atoms with Crippen molar-refractivity contribution in [2.45, 2.75) is 6.92 Å². The molecule has 3 N–H and O–H groups in total. The zero-order valence-electron chi connectivity index (χ0n) is 7.53. The molecule has 0 amide bonds. The van der Waals surface area contributed by atoms with Gasteiger partial charge in [-0.15, -0.1) is 0 Å². The van der Waals surface area contributed by atoms with Crippen LogP contribution in [0.4, 0.5) is 0 Å². The lowest BCUT2D eigenvalue weighted by atomic mass is 10.1. The average molecular weight is 191 g/mol. The van der Waals surface area contributed by atoms with Crippen LogP contribution in [0.5, 0.6) is 11.5 Å². The van der Waals surface area contributed by atoms with E-state index in [0.29, 0.717) is 0 Å². The van der Waals surface area contributed by atoms with Gasteiger partial charge in [0.2, 0.25) is 5.56 Å². The maximum Gasteiger partial charge on any atom is 0.248 e. The van der Waals surface area contributed by atoms with Gasteiger partial charge >= 0.3 is 0 Å². The highest BCUT2D eigenvalue weighted by Crippen LogP contribution is 2.32. The molecule has 0 spiro atoms. The minimum atomic E-state index is -0.295. The summed E-state index contributed by atoms with van der Waals surface area (Å²) in [5.74, 6) is -0.526. The molecule has 14 heavy (non-hydrogen) atoms. The lowest BCUT2D eigenvalue weighted by Gasteiger charge is -2.04. The second-order valence-corrected chi connectivity index (χ2v) is 3.17. The van der Waals surface area contributed by atoms with E-state index in [-0.39, 0.29) is 22.6 Å². The van der Waals surface area contributed by atoms with Gasteiger partial charge in [-0.05, 0) is 24.6 Å². The van der Waals surface area contributed by atoms with Crippen molar-refractivity contribution in [3.63, 3.8) is 0 Å². The van der Waals surface area contributed by atoms with E-state index in [2.05, 4.69) is 4.98 Å². The van der Waals surface area contributed by atoms with Crippen LogP contribution in [0.2, 0.25) is 0 Å². The van der Waals surface area contributed by atoms with Gasteiger partial charge in [-0.1, -0.05) is 0 Å². The molecule has 0 atom stereocenters. The number of pyridine rings is 1. The van der Waals surface area contributed by atoms with E-state index < -0.39 is 0 Å². The smallest absolute Gasteiger partial charge is 0.248 e. The molecular weight excluding hydrogens is 182 g/mol. The Morgan fingerprint density at radius 1 is 1.29 bits per heavy atom. The highest BCUT2D eigenvalue weighted by Gasteiger charge is 2.07. The molecule has 2 aromatic rings. The third kappa shape index (κ3) is 1.12. The molecule has 1 aromatic carbocycles. The third-order valence-corrected chi connectivity index (χ3v) is 2.18. The monoisotopic (exact) mass is 191 g/mol. The Balaban J connectivity index is 3.02. The molecule has 0 saturated heterocycles. The van der Waals surface area contributed by atoms with Gasteiger partial charge in [0.15, 0.2) is 11.5 Å². The summed E-state index contributed by atoms with van der Waals surface area (Å²) in [6, 6.07) is 4.48. The summed E-state index contributed by atoms with van der Waals surface area (Å²) in [6.45, 7) is 1.77. The molecule has 0 fully saturated rings. The number of benzene rings is 1. The van der Waals surface area contributed by atoms with Crippen LogP contribution in [0.3, 0.4) is 0 Å². The molecule has 0 bridgehead atoms. The van der Waals surface area contributed by atoms with Crippen LogP contribution in [0.1, 0.15) is 5.56 Å². The van der Waals surface area contributed by atoms with Crippen molar-refractivity contribution in [1.29, 1.82) is 0 Å². The van der Waals surface area contributed by atoms with Crippen LogP contribution in [0, 0.1) is 6.92 Å². The Morgan fingerprint density at radius 3 is 2.71 bits per heavy atom. The minimum Gasteiger partial charge on any atom is -0.504 e. The molecule has 2 rings (SSSR count). The summed E-state index contributed by atoms with van der Waals surface area (Å²) in [6.07, 6.45) is 0. The zero-order valence-corrected chi connectivity index (χ0v) is 7.53. The Labute approximate surface area is 79.4 Å². The molecular formula is C10H9NO3. The first kappa shape index (κ1) is 8.62. The van der Waals surface area contributed by atoms with E-state index >= 15 is 0 Å². The Kier molecular flexibility index (Phi) is 1.70. The van der Waals surface area contributed by atoms with E-state index in [9.17, 15) is 15.0 Å². The first-order valence-electron chi connectivity index (χ1n) is 4.14. The van der Waals surface area contributed by atoms with Crippen LogP contribution >= 0.6 is 0 Å². The van der Waals surface area contributed by atoms with Gasteiger partial charge in [0.1, 0.15) is 0 Å². The summed E-state index contributed by atoms with van der Waals surface area (Å²) in [7, 11) is 0. The number of phenols is 2. The van der Waals surface area contributed by atoms with Gasteiger partial charge in [-0.3, -0.25) is 4.79 Å². The molecule has 1 heterocycles. The van der Waals surface area contributed by atoms with Crippen LogP contribution in [-0.2, 0) is 0 Å². The van der Waals surface area contributed by atoms with Gasteiger partial charge in [0, 0.05) is 11.5 Å². The summed E-state index contributed by atoms with van der Waals surface area (Å²) >= 11 is 0. The maximum atomic E-state index is 11.1. The molecule has 4 heteroatoms. The number of aryl methyl sites for hydroxylation is 1. The first-order chi connectivity index (χ1) is 6.59. The fourth-order valence-corrected chi connectivity index (χ4v) is 1.47. The van der Waals surface area contributed by atoms with E-state index in [4.69, 9.17) is 0 Å². The van der Waals surface area contributed by atoms with Crippen molar-refractivity contribution >= 4 is 10.9 Å². The number of rotatable bonds is 0. The number of hydrogen-bond donors (Lipinski definition) is 3. The molecule has 0 unspecified atom stereocenters. The SMILES string of the molecule is Cc1cc(=O)[nH]c2c(O)c(O)ccc12. The lowest BCUT2D eigenvalue weighted by molar-refractivity contribution is 0.407. The van der Waals surface area contributed by atoms with Gasteiger partial charge in [0.05, 0.1) is 5.52 Å². The van der Waals surface area contributed by atoms with Crippen molar-refractivity contribution in [1.82, 2.24) is 4.98 Å². The van der Waals surface area contributed by atoms with Gasteiger partial charge < -0.3 is 15.2 Å². The van der Waals surface area contributed by atoms with Crippen LogP contribution in [0.15, 0.2) is 23.0 Å². The van der Waals surface area contributed by atoms with Gasteiger partial charge in [-0.25, -0.2) is 0 Å². The molecule has 0 aliphatic heterocycles. The number of phenolic OH excluding ortho intramolecular Hbond substituents is 2. The normalized spacial score (nSPS) is 10.6. The van der Waals surface area contributed by atoms with Gasteiger partial charge in [-0.2, -0.15) is 0 Å². The summed E-state index contributed by atoms with van der Waals surface area (Å²) in [5.41, 5.74) is 0.741. The van der Waals surface area contributed by atoms with E-state index in [1.165, 1.54) is 12.1 Å². The second-order valence-electron chi connectivity index (χ2n) is 3.17. The molecule has 4 nitrogen and oxygen atoms in total. The zero-order chi connectivity index (χ0) is 10.3. The van der Waals surface area contributed by atoms with Crippen molar-refractivity contribution in [2.75, 3.05) is 0 Å². The number of hydrogen-bond acceptors (Lipinski definition) is 3. The molecule has 0 aliphatic carbocycles. The fraction of sp³-hybridized carbons (Fsp3) is 0.100. The van der Waals surface area contributed by atoms with Crippen molar-refractivity contribution in [3.8, 4) is 11.5 Å². The largest absolute Gasteiger partial charge is 0.504 e. The van der Waals surface area contributed by atoms with Crippen molar-refractivity contribution in [2.24, 2.45) is 0 Å². The Bertz CT molecular complexity index is 557. The summed E-state index contributed by atoms with van der Waals surface area (Å²) in [5, 5.41) is 19.4. The molecule has 0 saturated carbocycles. The number of aromatic nitrogens is 1. The number of fused-ring (bicyclic) bond motifs is 1. The highest BCUT2D eigenvalue weighted by molar-refractivity contribution is 5.88. The second kappa shape index (κ2) is 2.77. The summed E-state index contributed by atoms with van der Waals surface area (Å²) < 4.78 is 0. The van der Waals surface area contributed by atoms with Gasteiger partial charge in [0.25, 0.3) is 0 Å². The van der Waals surface area contributed by atoms with Crippen molar-refractivity contribution < 1.29 is 10.2 Å². The topological polar surface area (TPSA) is 73.3 Å². The predicted octanol–water partition coefficient (Wildman–Crippen LogP) is 1.25. The molecule has 1 aromatic heterocycles. The molecule has 72 valence electrons. The van der Waals surface area contributed by atoms with E-state index in [1.54, 1.807) is 13.0 Å². The standard InChI is InChI=1S/C10H9NO3/c1-5-4-8(13)11-9-6(5)2-3-7(12)10(9)14/h2-4,12,14H,1H3,(H,11,13). The average Bonchev–Trinajstić information content (AvgIpc) is 2.12. The summed E-state index contributed by atoms with van der Waals surface area (Å²) in [4.78, 5) is 13.6. The Morgan fingerprint density at radius 2 is 2.00 bits per heavy atom. The number of H-pyrrole nitrogens is 1. The molecule has 0 aliphatic rings. The van der Waals surface area contributed by atoms with Crippen LogP contribution in [-0.4, -0.2) is 15.2 Å². The van der Waals surface area contributed by atoms with E-state index in [0.717, 1.165) is 10.9 Å². The number of nitrogens with one attached hydrogen (secondary N) is 1. The maximum absolute atomic E-state index is 11.1. The number of aromatic amines is 1. The predicted molar refractivity (Wildman–Crippen MR) is 52.6 cm³/mol. The van der Waals surface area contributed by atoms with Crippen LogP contribution < -0.4 is 5.56 Å². The van der Waals surface area contributed by atoms with Crippen molar-refractivity contribution in [3.05, 3.63) is 34.1 Å². The first-order valence-corrected chi connectivity index (χ1v) is 4.14. The fourth-order valence-electron chi connectivity index (χ4n) is 1.47. The number of aromatic hydroxyl groups is 2. The van der Waals surface area contributed by atoms with Crippen LogP contribution in [0.25, 0.3) is 10.9 Å². The third-order valence-electron chi connectivity index (χ3n) is 2.18. The van der Waals surface area contributed by atoms with E-state index in [1.807, 2.05) is 0 Å². The Hall–Kier alpha value is -1.97.